The van der Waals surface area contributed by atoms with E-state index in [0.29, 0.717) is 6.54 Å². The minimum atomic E-state index is 0.148. The molecule has 2 aromatic rings. The summed E-state index contributed by atoms with van der Waals surface area (Å²) in [7, 11) is 0. The molecule has 2 rings (SSSR count). The highest BCUT2D eigenvalue weighted by atomic mass is 15.1. The van der Waals surface area contributed by atoms with E-state index in [1.165, 1.54) is 0 Å². The monoisotopic (exact) mass is 260 g/mol. The highest BCUT2D eigenvalue weighted by Gasteiger charge is 2.20. The lowest BCUT2D eigenvalue weighted by Crippen LogP contribution is -2.38. The van der Waals surface area contributed by atoms with Gasteiger partial charge in [0.15, 0.2) is 0 Å². The fraction of sp³-hybridized carbons (Fsp3) is 0.533. The van der Waals surface area contributed by atoms with Crippen molar-refractivity contribution in [2.24, 2.45) is 11.1 Å². The summed E-state index contributed by atoms with van der Waals surface area (Å²) in [4.78, 5) is 7.04. The third-order valence-corrected chi connectivity index (χ3v) is 3.45. The molecule has 0 fully saturated rings. The summed E-state index contributed by atoms with van der Waals surface area (Å²) in [5.41, 5.74) is 8.08. The minimum Gasteiger partial charge on any atom is -0.330 e. The fourth-order valence-corrected chi connectivity index (χ4v) is 2.24. The van der Waals surface area contributed by atoms with E-state index >= 15 is 0 Å². The van der Waals surface area contributed by atoms with Crippen LogP contribution < -0.4 is 5.73 Å². The zero-order chi connectivity index (χ0) is 13.9. The second-order valence-electron chi connectivity index (χ2n) is 5.87. The van der Waals surface area contributed by atoms with Crippen LogP contribution in [0.15, 0.2) is 30.6 Å². The molecule has 0 aliphatic rings. The molecule has 0 aliphatic carbocycles. The molecule has 19 heavy (non-hydrogen) atoms. The Morgan fingerprint density at radius 1 is 1.37 bits per heavy atom. The van der Waals surface area contributed by atoms with Crippen LogP contribution in [-0.2, 0) is 6.54 Å². The SMILES string of the molecule is CCN(Cc1cn2ccccc2n1)CC(C)(C)CN. The minimum absolute atomic E-state index is 0.148. The number of pyridine rings is 1. The molecular weight excluding hydrogens is 236 g/mol. The van der Waals surface area contributed by atoms with Gasteiger partial charge in [-0.05, 0) is 30.6 Å². The molecule has 0 spiro atoms. The van der Waals surface area contributed by atoms with Gasteiger partial charge in [-0.15, -0.1) is 0 Å². The third-order valence-electron chi connectivity index (χ3n) is 3.45. The standard InChI is InChI=1S/C15H24N4/c1-4-18(12-15(2,3)11-16)9-13-10-19-8-6-5-7-14(19)17-13/h5-8,10H,4,9,11-12,16H2,1-3H3. The molecule has 2 heterocycles. The highest BCUT2D eigenvalue weighted by molar-refractivity contribution is 5.39. The molecule has 0 aromatic carbocycles. The van der Waals surface area contributed by atoms with Gasteiger partial charge >= 0.3 is 0 Å². The van der Waals surface area contributed by atoms with Crippen molar-refractivity contribution < 1.29 is 0 Å². The number of imidazole rings is 1. The lowest BCUT2D eigenvalue weighted by Gasteiger charge is -2.30. The number of nitrogens with two attached hydrogens (primary N) is 1. The summed E-state index contributed by atoms with van der Waals surface area (Å²) in [6, 6.07) is 6.07. The van der Waals surface area contributed by atoms with E-state index in [0.717, 1.165) is 31.0 Å². The summed E-state index contributed by atoms with van der Waals surface area (Å²) >= 11 is 0. The van der Waals surface area contributed by atoms with Gasteiger partial charge in [-0.1, -0.05) is 26.8 Å². The van der Waals surface area contributed by atoms with Crippen LogP contribution in [0, 0.1) is 5.41 Å². The van der Waals surface area contributed by atoms with Crippen molar-refractivity contribution in [3.05, 3.63) is 36.3 Å². The summed E-state index contributed by atoms with van der Waals surface area (Å²) in [6.45, 7) is 10.2. The van der Waals surface area contributed by atoms with Crippen LogP contribution in [0.1, 0.15) is 26.5 Å². The summed E-state index contributed by atoms with van der Waals surface area (Å²) in [5, 5.41) is 0. The predicted molar refractivity (Wildman–Crippen MR) is 79.0 cm³/mol. The van der Waals surface area contributed by atoms with Crippen LogP contribution in [0.25, 0.3) is 5.65 Å². The molecule has 0 amide bonds. The molecule has 4 heteroatoms. The van der Waals surface area contributed by atoms with Crippen LogP contribution in [-0.4, -0.2) is 33.9 Å². The lowest BCUT2D eigenvalue weighted by atomic mass is 9.93. The van der Waals surface area contributed by atoms with Gasteiger partial charge in [0.1, 0.15) is 5.65 Å². The second-order valence-corrected chi connectivity index (χ2v) is 5.87. The Morgan fingerprint density at radius 3 is 2.79 bits per heavy atom. The highest BCUT2D eigenvalue weighted by Crippen LogP contribution is 2.16. The van der Waals surface area contributed by atoms with E-state index in [1.54, 1.807) is 0 Å². The van der Waals surface area contributed by atoms with E-state index in [-0.39, 0.29) is 5.41 Å². The first kappa shape index (κ1) is 14.0. The Morgan fingerprint density at radius 2 is 2.16 bits per heavy atom. The fourth-order valence-electron chi connectivity index (χ4n) is 2.24. The average Bonchev–Trinajstić information content (AvgIpc) is 2.79. The molecule has 2 N–H and O–H groups in total. The van der Waals surface area contributed by atoms with Crippen LogP contribution in [0.2, 0.25) is 0 Å². The second kappa shape index (κ2) is 5.72. The molecule has 0 aliphatic heterocycles. The molecule has 0 saturated carbocycles. The molecule has 0 saturated heterocycles. The first-order valence-corrected chi connectivity index (χ1v) is 6.89. The summed E-state index contributed by atoms with van der Waals surface area (Å²) < 4.78 is 2.07. The van der Waals surface area contributed by atoms with Crippen molar-refractivity contribution >= 4 is 5.65 Å². The number of rotatable bonds is 6. The Bertz CT molecular complexity index is 497. The maximum Gasteiger partial charge on any atom is 0.137 e. The summed E-state index contributed by atoms with van der Waals surface area (Å²) in [6.07, 6.45) is 4.14. The van der Waals surface area contributed by atoms with Gasteiger partial charge in [-0.3, -0.25) is 4.90 Å². The third kappa shape index (κ3) is 3.55. The Balaban J connectivity index is 2.09. The van der Waals surface area contributed by atoms with E-state index < -0.39 is 0 Å². The van der Waals surface area contributed by atoms with Crippen molar-refractivity contribution in [2.45, 2.75) is 27.3 Å². The van der Waals surface area contributed by atoms with E-state index in [4.69, 9.17) is 5.73 Å². The van der Waals surface area contributed by atoms with Gasteiger partial charge in [-0.2, -0.15) is 0 Å². The molecular formula is C15H24N4. The first-order chi connectivity index (χ1) is 9.04. The number of hydrogen-bond donors (Lipinski definition) is 1. The maximum atomic E-state index is 5.82. The zero-order valence-corrected chi connectivity index (χ0v) is 12.1. The van der Waals surface area contributed by atoms with Gasteiger partial charge in [0, 0.05) is 25.5 Å². The van der Waals surface area contributed by atoms with Crippen LogP contribution in [0.4, 0.5) is 0 Å². The molecule has 2 aromatic heterocycles. The van der Waals surface area contributed by atoms with Gasteiger partial charge in [0.2, 0.25) is 0 Å². The first-order valence-electron chi connectivity index (χ1n) is 6.89. The van der Waals surface area contributed by atoms with Crippen LogP contribution in [0.5, 0.6) is 0 Å². The largest absolute Gasteiger partial charge is 0.330 e. The zero-order valence-electron chi connectivity index (χ0n) is 12.1. The average molecular weight is 260 g/mol. The van der Waals surface area contributed by atoms with Gasteiger partial charge < -0.3 is 10.1 Å². The topological polar surface area (TPSA) is 46.6 Å². The van der Waals surface area contributed by atoms with Crippen LogP contribution in [0.3, 0.4) is 0 Å². The van der Waals surface area contributed by atoms with Crippen molar-refractivity contribution in [1.82, 2.24) is 14.3 Å². The van der Waals surface area contributed by atoms with Crippen LogP contribution >= 0.6 is 0 Å². The van der Waals surface area contributed by atoms with Crippen molar-refractivity contribution in [2.75, 3.05) is 19.6 Å². The van der Waals surface area contributed by atoms with Crippen molar-refractivity contribution in [3.8, 4) is 0 Å². The number of aromatic nitrogens is 2. The number of nitrogens with zero attached hydrogens (tertiary/aromatic N) is 3. The van der Waals surface area contributed by atoms with E-state index in [9.17, 15) is 0 Å². The predicted octanol–water partition coefficient (Wildman–Crippen LogP) is 2.14. The lowest BCUT2D eigenvalue weighted by molar-refractivity contribution is 0.182. The Kier molecular flexibility index (Phi) is 4.22. The molecule has 104 valence electrons. The smallest absolute Gasteiger partial charge is 0.137 e. The van der Waals surface area contributed by atoms with Crippen molar-refractivity contribution in [1.29, 1.82) is 0 Å². The quantitative estimate of drug-likeness (QED) is 0.865. The number of hydrogen-bond acceptors (Lipinski definition) is 3. The van der Waals surface area contributed by atoms with E-state index in [1.807, 2.05) is 24.4 Å². The van der Waals surface area contributed by atoms with E-state index in [2.05, 4.69) is 41.3 Å². The molecule has 0 radical (unpaired) electrons. The Hall–Kier alpha value is -1.39. The molecule has 0 atom stereocenters. The molecule has 0 unspecified atom stereocenters. The molecule has 4 nitrogen and oxygen atoms in total. The van der Waals surface area contributed by atoms with Gasteiger partial charge in [0.05, 0.1) is 5.69 Å². The van der Waals surface area contributed by atoms with Gasteiger partial charge in [0.25, 0.3) is 0 Å². The number of fused-ring (bicyclic) bond motifs is 1. The molecule has 0 bridgehead atoms. The Labute approximate surface area is 115 Å². The maximum absolute atomic E-state index is 5.82. The van der Waals surface area contributed by atoms with Crippen molar-refractivity contribution in [3.63, 3.8) is 0 Å². The summed E-state index contributed by atoms with van der Waals surface area (Å²) in [5.74, 6) is 0. The normalized spacial score (nSPS) is 12.5. The van der Waals surface area contributed by atoms with Gasteiger partial charge in [-0.25, -0.2) is 4.98 Å².